The summed E-state index contributed by atoms with van der Waals surface area (Å²) in [6.45, 7) is 4.40. The van der Waals surface area contributed by atoms with Crippen LogP contribution in [0.3, 0.4) is 0 Å². The maximum absolute atomic E-state index is 3.48. The first-order valence-electron chi connectivity index (χ1n) is 6.15. The van der Waals surface area contributed by atoms with Crippen molar-refractivity contribution in [1.29, 1.82) is 0 Å². The van der Waals surface area contributed by atoms with Gasteiger partial charge in [-0.1, -0.05) is 32.6 Å². The average Bonchev–Trinajstić information content (AvgIpc) is 2.63. The molecule has 2 heteroatoms. The zero-order valence-electron chi connectivity index (χ0n) is 10.1. The molecule has 1 aromatic rings. The molecule has 15 heavy (non-hydrogen) atoms. The van der Waals surface area contributed by atoms with Crippen molar-refractivity contribution >= 4 is 0 Å². The van der Waals surface area contributed by atoms with Crippen LogP contribution in [0.2, 0.25) is 0 Å². The van der Waals surface area contributed by atoms with Gasteiger partial charge in [-0.25, -0.2) is 0 Å². The fourth-order valence-corrected chi connectivity index (χ4v) is 1.75. The third-order valence-electron chi connectivity index (χ3n) is 2.81. The second kappa shape index (κ2) is 7.52. The number of hydrogen-bond acceptors (Lipinski definition) is 1. The molecule has 0 spiro atoms. The molecule has 0 amide bonds. The van der Waals surface area contributed by atoms with Gasteiger partial charge in [-0.2, -0.15) is 0 Å². The highest BCUT2D eigenvalue weighted by atomic mass is 15.0. The molecule has 0 aliphatic rings. The fourth-order valence-electron chi connectivity index (χ4n) is 1.75. The van der Waals surface area contributed by atoms with E-state index in [1.54, 1.807) is 0 Å². The van der Waals surface area contributed by atoms with E-state index in [9.17, 15) is 0 Å². The number of nitrogens with zero attached hydrogens (tertiary/aromatic N) is 1. The minimum absolute atomic E-state index is 0.997. The van der Waals surface area contributed by atoms with Gasteiger partial charge in [0.25, 0.3) is 0 Å². The maximum atomic E-state index is 3.48. The molecule has 1 N–H and O–H groups in total. The van der Waals surface area contributed by atoms with Crippen molar-refractivity contribution < 1.29 is 0 Å². The molecule has 0 aliphatic heterocycles. The largest absolute Gasteiger partial charge is 0.353 e. The van der Waals surface area contributed by atoms with Crippen LogP contribution in [0.25, 0.3) is 0 Å². The molecule has 0 aromatic carbocycles. The summed E-state index contributed by atoms with van der Waals surface area (Å²) >= 11 is 0. The Balaban J connectivity index is 1.96. The second-order valence-corrected chi connectivity index (χ2v) is 4.20. The third-order valence-corrected chi connectivity index (χ3v) is 2.81. The van der Waals surface area contributed by atoms with Crippen LogP contribution in [-0.2, 0) is 13.6 Å². The van der Waals surface area contributed by atoms with Crippen LogP contribution < -0.4 is 5.32 Å². The van der Waals surface area contributed by atoms with E-state index >= 15 is 0 Å². The Hall–Kier alpha value is -0.760. The molecule has 1 aromatic heterocycles. The summed E-state index contributed by atoms with van der Waals surface area (Å²) in [7, 11) is 2.10. The molecular formula is C13H24N2. The zero-order valence-corrected chi connectivity index (χ0v) is 10.1. The predicted molar refractivity (Wildman–Crippen MR) is 65.9 cm³/mol. The molecule has 0 atom stereocenters. The van der Waals surface area contributed by atoms with Gasteiger partial charge in [0.2, 0.25) is 0 Å². The number of unbranched alkanes of at least 4 members (excludes halogenated alkanes) is 4. The number of nitrogens with one attached hydrogen (secondary N) is 1. The molecule has 0 saturated heterocycles. The van der Waals surface area contributed by atoms with E-state index in [4.69, 9.17) is 0 Å². The Morgan fingerprint density at radius 1 is 1.20 bits per heavy atom. The first-order valence-corrected chi connectivity index (χ1v) is 6.15. The lowest BCUT2D eigenvalue weighted by atomic mass is 10.1. The van der Waals surface area contributed by atoms with Gasteiger partial charge >= 0.3 is 0 Å². The summed E-state index contributed by atoms with van der Waals surface area (Å²) in [6, 6.07) is 4.27. The van der Waals surface area contributed by atoms with Crippen LogP contribution in [-0.4, -0.2) is 11.1 Å². The maximum Gasteiger partial charge on any atom is 0.0359 e. The average molecular weight is 208 g/mol. The number of aryl methyl sites for hydroxylation is 1. The van der Waals surface area contributed by atoms with Crippen molar-refractivity contribution in [2.45, 2.75) is 45.6 Å². The zero-order chi connectivity index (χ0) is 10.9. The summed E-state index contributed by atoms with van der Waals surface area (Å²) < 4.78 is 2.17. The van der Waals surface area contributed by atoms with Crippen molar-refractivity contribution in [3.05, 3.63) is 24.0 Å². The lowest BCUT2D eigenvalue weighted by Crippen LogP contribution is -2.16. The Labute approximate surface area is 93.7 Å². The first kappa shape index (κ1) is 12.3. The molecule has 0 bridgehead atoms. The number of rotatable bonds is 8. The van der Waals surface area contributed by atoms with Crippen molar-refractivity contribution in [3.63, 3.8) is 0 Å². The van der Waals surface area contributed by atoms with Gasteiger partial charge in [0.1, 0.15) is 0 Å². The van der Waals surface area contributed by atoms with E-state index in [1.165, 1.54) is 37.8 Å². The van der Waals surface area contributed by atoms with Gasteiger partial charge in [0.05, 0.1) is 0 Å². The molecule has 1 rings (SSSR count). The van der Waals surface area contributed by atoms with Crippen LogP contribution >= 0.6 is 0 Å². The van der Waals surface area contributed by atoms with Crippen LogP contribution in [0.5, 0.6) is 0 Å². The quantitative estimate of drug-likeness (QED) is 0.650. The highest BCUT2D eigenvalue weighted by molar-refractivity contribution is 5.05. The Morgan fingerprint density at radius 3 is 2.67 bits per heavy atom. The summed E-state index contributed by atoms with van der Waals surface area (Å²) in [5.41, 5.74) is 1.36. The molecule has 0 radical (unpaired) electrons. The van der Waals surface area contributed by atoms with E-state index in [1.807, 2.05) is 0 Å². The predicted octanol–water partition coefficient (Wildman–Crippen LogP) is 3.09. The van der Waals surface area contributed by atoms with Crippen LogP contribution in [0.15, 0.2) is 18.3 Å². The molecule has 0 aliphatic carbocycles. The lowest BCUT2D eigenvalue weighted by Gasteiger charge is -2.05. The molecule has 0 fully saturated rings. The van der Waals surface area contributed by atoms with Gasteiger partial charge < -0.3 is 9.88 Å². The normalized spacial score (nSPS) is 10.8. The summed E-state index contributed by atoms with van der Waals surface area (Å²) in [4.78, 5) is 0. The number of hydrogen-bond donors (Lipinski definition) is 1. The van der Waals surface area contributed by atoms with E-state index < -0.39 is 0 Å². The van der Waals surface area contributed by atoms with E-state index in [0.29, 0.717) is 0 Å². The molecular weight excluding hydrogens is 184 g/mol. The molecule has 0 saturated carbocycles. The smallest absolute Gasteiger partial charge is 0.0359 e. The Kier molecular flexibility index (Phi) is 6.17. The van der Waals surface area contributed by atoms with Gasteiger partial charge in [-0.3, -0.25) is 0 Å². The van der Waals surface area contributed by atoms with E-state index in [0.717, 1.165) is 13.1 Å². The topological polar surface area (TPSA) is 17.0 Å². The molecule has 86 valence electrons. The van der Waals surface area contributed by atoms with E-state index in [2.05, 4.69) is 42.2 Å². The van der Waals surface area contributed by atoms with Crippen LogP contribution in [0.4, 0.5) is 0 Å². The minimum Gasteiger partial charge on any atom is -0.353 e. The lowest BCUT2D eigenvalue weighted by molar-refractivity contribution is 0.574. The number of aromatic nitrogens is 1. The van der Waals surface area contributed by atoms with Gasteiger partial charge in [0.15, 0.2) is 0 Å². The van der Waals surface area contributed by atoms with Gasteiger partial charge in [-0.05, 0) is 25.1 Å². The standard InChI is InChI=1S/C13H24N2/c1-3-4-5-6-7-10-14-12-13-9-8-11-15(13)2/h8-9,11,14H,3-7,10,12H2,1-2H3. The summed E-state index contributed by atoms with van der Waals surface area (Å²) in [6.07, 6.45) is 8.88. The van der Waals surface area contributed by atoms with Crippen molar-refractivity contribution in [2.24, 2.45) is 7.05 Å². The SMILES string of the molecule is CCCCCCCNCc1cccn1C. The van der Waals surface area contributed by atoms with Crippen LogP contribution in [0, 0.1) is 0 Å². The Bertz CT molecular complexity index is 253. The summed E-state index contributed by atoms with van der Waals surface area (Å²) in [5.74, 6) is 0. The highest BCUT2D eigenvalue weighted by Crippen LogP contribution is 2.02. The van der Waals surface area contributed by atoms with Gasteiger partial charge in [-0.15, -0.1) is 0 Å². The van der Waals surface area contributed by atoms with Crippen molar-refractivity contribution in [1.82, 2.24) is 9.88 Å². The molecule has 0 unspecified atom stereocenters. The van der Waals surface area contributed by atoms with Gasteiger partial charge in [0, 0.05) is 25.5 Å². The molecule has 2 nitrogen and oxygen atoms in total. The minimum atomic E-state index is 0.997. The summed E-state index contributed by atoms with van der Waals surface area (Å²) in [5, 5.41) is 3.48. The molecule has 1 heterocycles. The van der Waals surface area contributed by atoms with Crippen molar-refractivity contribution in [3.8, 4) is 0 Å². The fraction of sp³-hybridized carbons (Fsp3) is 0.692. The third kappa shape index (κ3) is 5.03. The van der Waals surface area contributed by atoms with E-state index in [-0.39, 0.29) is 0 Å². The highest BCUT2D eigenvalue weighted by Gasteiger charge is 1.95. The van der Waals surface area contributed by atoms with Crippen molar-refractivity contribution in [2.75, 3.05) is 6.54 Å². The van der Waals surface area contributed by atoms with Crippen LogP contribution in [0.1, 0.15) is 44.7 Å². The first-order chi connectivity index (χ1) is 7.34. The Morgan fingerprint density at radius 2 is 2.00 bits per heavy atom. The second-order valence-electron chi connectivity index (χ2n) is 4.20. The monoisotopic (exact) mass is 208 g/mol.